The van der Waals surface area contributed by atoms with E-state index in [0.717, 1.165) is 130 Å². The van der Waals surface area contributed by atoms with Crippen LogP contribution in [0.25, 0.3) is 21.8 Å². The Bertz CT molecular complexity index is 2480. The van der Waals surface area contributed by atoms with Crippen molar-refractivity contribution in [1.82, 2.24) is 12.8 Å². The topological polar surface area (TPSA) is 174 Å². The Labute approximate surface area is 353 Å². The molecular formula is C45H59N3O10S2. The molecule has 13 nitrogen and oxygen atoms in total. The molecule has 0 saturated carbocycles. The van der Waals surface area contributed by atoms with Gasteiger partial charge in [0.2, 0.25) is 20.0 Å². The molecule has 15 heteroatoms. The summed E-state index contributed by atoms with van der Waals surface area (Å²) in [4.78, 5) is 26.4. The summed E-state index contributed by atoms with van der Waals surface area (Å²) < 4.78 is 65.8. The number of carbonyl (C=O) groups is 2. The van der Waals surface area contributed by atoms with Crippen LogP contribution in [0, 0.1) is 23.7 Å². The Morgan fingerprint density at radius 2 is 1.13 bits per heavy atom. The summed E-state index contributed by atoms with van der Waals surface area (Å²) in [5, 5.41) is 21.1. The van der Waals surface area contributed by atoms with Gasteiger partial charge in [0.15, 0.2) is 0 Å². The van der Waals surface area contributed by atoms with E-state index in [1.54, 1.807) is 47.0 Å². The summed E-state index contributed by atoms with van der Waals surface area (Å²) in [6, 6.07) is 10.2. The number of hydrogen-bond donors (Lipinski definition) is 2. The molecule has 2 aliphatic carbocycles. The SMILES string of the molecule is CCS(=O)(=O)n1c2c(c3cc(C(=O)N4CCC[C@@H](O)C4)ccc31)CC(C1CCOCC1)CC2.CCS(=O)(=O)n1c2c(c3cc(C(=O)O)ccc31)CC(C1CCOCC1)CC2. The Balaban J connectivity index is 0.000000170. The highest BCUT2D eigenvalue weighted by atomic mass is 32.2. The highest BCUT2D eigenvalue weighted by molar-refractivity contribution is 7.90. The molecule has 326 valence electrons. The molecule has 2 aromatic carbocycles. The maximum Gasteiger partial charge on any atom is 0.335 e. The van der Waals surface area contributed by atoms with Gasteiger partial charge in [-0.25, -0.2) is 29.6 Å². The number of aliphatic hydroxyl groups is 1. The van der Waals surface area contributed by atoms with Gasteiger partial charge < -0.3 is 24.6 Å². The van der Waals surface area contributed by atoms with Gasteiger partial charge in [0.05, 0.1) is 34.2 Å². The first-order valence-corrected chi connectivity index (χ1v) is 25.2. The van der Waals surface area contributed by atoms with Crippen LogP contribution in [0.3, 0.4) is 0 Å². The highest BCUT2D eigenvalue weighted by Crippen LogP contribution is 2.42. The molecular weight excluding hydrogens is 807 g/mol. The maximum absolute atomic E-state index is 13.2. The summed E-state index contributed by atoms with van der Waals surface area (Å²) in [6.45, 7) is 7.52. The summed E-state index contributed by atoms with van der Waals surface area (Å²) in [6.07, 6.45) is 10.3. The molecule has 4 aromatic rings. The average molecular weight is 866 g/mol. The van der Waals surface area contributed by atoms with E-state index in [-0.39, 0.29) is 23.0 Å². The third-order valence-electron chi connectivity index (χ3n) is 14.0. The van der Waals surface area contributed by atoms with Gasteiger partial charge >= 0.3 is 5.97 Å². The van der Waals surface area contributed by atoms with E-state index in [4.69, 9.17) is 9.47 Å². The van der Waals surface area contributed by atoms with E-state index in [9.17, 15) is 36.6 Å². The van der Waals surface area contributed by atoms with Crippen molar-refractivity contribution in [3.63, 3.8) is 0 Å². The van der Waals surface area contributed by atoms with Gasteiger partial charge in [0.1, 0.15) is 0 Å². The number of fused-ring (bicyclic) bond motifs is 6. The zero-order chi connectivity index (χ0) is 42.3. The number of ether oxygens (including phenoxy) is 2. The van der Waals surface area contributed by atoms with Gasteiger partial charge in [0.25, 0.3) is 5.91 Å². The third-order valence-corrected chi connectivity index (χ3v) is 17.4. The van der Waals surface area contributed by atoms with Crippen molar-refractivity contribution >= 4 is 53.7 Å². The van der Waals surface area contributed by atoms with Gasteiger partial charge in [-0.2, -0.15) is 0 Å². The normalized spacial score (nSPS) is 23.2. The number of likely N-dealkylation sites (tertiary alicyclic amines) is 1. The van der Waals surface area contributed by atoms with Gasteiger partial charge in [-0.05, 0) is 162 Å². The van der Waals surface area contributed by atoms with Gasteiger partial charge in [-0.3, -0.25) is 4.79 Å². The van der Waals surface area contributed by atoms with Crippen molar-refractivity contribution in [1.29, 1.82) is 0 Å². The number of aromatic nitrogens is 2. The number of aliphatic hydroxyl groups excluding tert-OH is 1. The number of piperidine rings is 1. The van der Waals surface area contributed by atoms with E-state index in [2.05, 4.69) is 0 Å². The molecule has 5 heterocycles. The molecule has 0 spiro atoms. The average Bonchev–Trinajstić information content (AvgIpc) is 3.79. The molecule has 2 N–H and O–H groups in total. The first-order chi connectivity index (χ1) is 28.8. The minimum Gasteiger partial charge on any atom is -0.478 e. The number of carboxylic acid groups (broad SMARTS) is 1. The quantitative estimate of drug-likeness (QED) is 0.213. The number of carboxylic acids is 1. The largest absolute Gasteiger partial charge is 0.478 e. The minimum atomic E-state index is -3.46. The van der Waals surface area contributed by atoms with Crippen LogP contribution >= 0.6 is 0 Å². The first kappa shape index (κ1) is 42.9. The highest BCUT2D eigenvalue weighted by Gasteiger charge is 2.36. The Kier molecular flexibility index (Phi) is 12.5. The summed E-state index contributed by atoms with van der Waals surface area (Å²) >= 11 is 0. The van der Waals surface area contributed by atoms with E-state index in [1.165, 1.54) is 10.0 Å². The van der Waals surface area contributed by atoms with Crippen LogP contribution in [0.15, 0.2) is 36.4 Å². The molecule has 3 aliphatic heterocycles. The van der Waals surface area contributed by atoms with Crippen molar-refractivity contribution in [2.45, 2.75) is 97.0 Å². The monoisotopic (exact) mass is 865 g/mol. The number of carbonyl (C=O) groups excluding carboxylic acids is 1. The first-order valence-electron chi connectivity index (χ1n) is 22.0. The zero-order valence-electron chi connectivity index (χ0n) is 34.8. The standard InChI is InChI=1S/C25H34N2O5S.C20H25NO5S/c1-2-33(30,31)27-23-7-5-18(17-9-12-32-13-10-17)14-21(23)22-15-19(6-8-24(22)27)25(29)26-11-3-4-20(28)16-26;1-2-27(24,25)21-18-5-3-14(13-7-9-26-10-8-13)11-16(18)17-12-15(20(22)23)4-6-19(17)21/h6,8,15,17-18,20,28H,2-5,7,9-14,16H2,1H3;4,6,12-14H,2-3,5,7-11H2,1H3,(H,22,23)/t18?,20-;/m1./s1. The van der Waals surface area contributed by atoms with Crippen LogP contribution in [0.1, 0.15) is 108 Å². The van der Waals surface area contributed by atoms with Gasteiger partial charge in [0, 0.05) is 67.2 Å². The molecule has 3 saturated heterocycles. The molecule has 1 amide bonds. The molecule has 2 unspecified atom stereocenters. The molecule has 60 heavy (non-hydrogen) atoms. The van der Waals surface area contributed by atoms with Crippen molar-refractivity contribution in [3.05, 3.63) is 70.0 Å². The van der Waals surface area contributed by atoms with Crippen molar-refractivity contribution < 1.29 is 46.1 Å². The summed E-state index contributed by atoms with van der Waals surface area (Å²) in [5.41, 5.74) is 5.92. The van der Waals surface area contributed by atoms with E-state index >= 15 is 0 Å². The second-order valence-corrected chi connectivity index (χ2v) is 21.6. The Morgan fingerprint density at radius 1 is 0.667 bits per heavy atom. The lowest BCUT2D eigenvalue weighted by molar-refractivity contribution is 0.0438. The number of β-amino-alcohol motifs (C(OH)–C–C–N with tert-alkyl or cyclic N) is 1. The predicted octanol–water partition coefficient (Wildman–Crippen LogP) is 6.04. The number of rotatable bonds is 8. The van der Waals surface area contributed by atoms with Crippen molar-refractivity contribution in [2.24, 2.45) is 23.7 Å². The summed E-state index contributed by atoms with van der Waals surface area (Å²) in [7, 11) is -6.91. The zero-order valence-corrected chi connectivity index (χ0v) is 36.4. The number of hydrogen-bond acceptors (Lipinski definition) is 9. The van der Waals surface area contributed by atoms with Crippen LogP contribution < -0.4 is 0 Å². The third kappa shape index (κ3) is 8.28. The lowest BCUT2D eigenvalue weighted by Gasteiger charge is -2.33. The second kappa shape index (κ2) is 17.5. The number of amides is 1. The number of aromatic carboxylic acids is 1. The lowest BCUT2D eigenvalue weighted by Crippen LogP contribution is -2.42. The van der Waals surface area contributed by atoms with E-state index in [1.807, 2.05) is 6.07 Å². The molecule has 9 rings (SSSR count). The smallest absolute Gasteiger partial charge is 0.335 e. The Hall–Kier alpha value is -3.76. The minimum absolute atomic E-state index is 0.0211. The molecule has 3 fully saturated rings. The van der Waals surface area contributed by atoms with Crippen molar-refractivity contribution in [3.8, 4) is 0 Å². The van der Waals surface area contributed by atoms with Crippen molar-refractivity contribution in [2.75, 3.05) is 51.0 Å². The van der Waals surface area contributed by atoms with Crippen LogP contribution in [0.5, 0.6) is 0 Å². The van der Waals surface area contributed by atoms with E-state index < -0.39 is 32.1 Å². The second-order valence-electron chi connectivity index (χ2n) is 17.4. The number of benzene rings is 2. The number of nitrogens with zero attached hydrogens (tertiary/aromatic N) is 3. The lowest BCUT2D eigenvalue weighted by atomic mass is 9.75. The Morgan fingerprint density at radius 3 is 1.58 bits per heavy atom. The van der Waals surface area contributed by atoms with Crippen LogP contribution in [-0.2, 0) is 55.2 Å². The van der Waals surface area contributed by atoms with Crippen LogP contribution in [0.2, 0.25) is 0 Å². The maximum atomic E-state index is 13.2. The van der Waals surface area contributed by atoms with Crippen LogP contribution in [-0.4, -0.2) is 109 Å². The predicted molar refractivity (Wildman–Crippen MR) is 230 cm³/mol. The fraction of sp³-hybridized carbons (Fsp3) is 0.600. The fourth-order valence-electron chi connectivity index (χ4n) is 10.8. The van der Waals surface area contributed by atoms with Crippen LogP contribution in [0.4, 0.5) is 0 Å². The molecule has 3 atom stereocenters. The fourth-order valence-corrected chi connectivity index (χ4v) is 13.3. The van der Waals surface area contributed by atoms with Gasteiger partial charge in [-0.15, -0.1) is 0 Å². The van der Waals surface area contributed by atoms with Gasteiger partial charge in [-0.1, -0.05) is 0 Å². The molecule has 0 radical (unpaired) electrons. The molecule has 0 bridgehead atoms. The molecule has 2 aromatic heterocycles. The summed E-state index contributed by atoms with van der Waals surface area (Å²) in [5.74, 6) is 1.19. The molecule has 5 aliphatic rings. The van der Waals surface area contributed by atoms with E-state index in [0.29, 0.717) is 59.8 Å².